The van der Waals surface area contributed by atoms with Crippen molar-refractivity contribution in [2.45, 2.75) is 25.6 Å². The van der Waals surface area contributed by atoms with Crippen molar-refractivity contribution >= 4 is 11.6 Å². The Morgan fingerprint density at radius 1 is 1.47 bits per heavy atom. The van der Waals surface area contributed by atoms with Crippen LogP contribution in [0.25, 0.3) is 0 Å². The van der Waals surface area contributed by atoms with E-state index in [-0.39, 0.29) is 16.9 Å². The van der Waals surface area contributed by atoms with Gasteiger partial charge in [0.05, 0.1) is 17.7 Å². The van der Waals surface area contributed by atoms with Gasteiger partial charge in [0.15, 0.2) is 0 Å². The fourth-order valence-corrected chi connectivity index (χ4v) is 2.33. The van der Waals surface area contributed by atoms with Crippen LogP contribution in [0.5, 0.6) is 0 Å². The predicted octanol–water partition coefficient (Wildman–Crippen LogP) is 2.99. The quantitative estimate of drug-likeness (QED) is 0.876. The van der Waals surface area contributed by atoms with Crippen LogP contribution in [0.3, 0.4) is 0 Å². The first-order chi connectivity index (χ1) is 8.20. The van der Waals surface area contributed by atoms with E-state index in [9.17, 15) is 4.39 Å². The molecule has 1 fully saturated rings. The van der Waals surface area contributed by atoms with Gasteiger partial charge in [-0.25, -0.2) is 4.39 Å². The van der Waals surface area contributed by atoms with Crippen LogP contribution in [-0.4, -0.2) is 19.7 Å². The minimum absolute atomic E-state index is 0.160. The summed E-state index contributed by atoms with van der Waals surface area (Å²) in [5.74, 6) is 0.342. The van der Waals surface area contributed by atoms with Gasteiger partial charge in [-0.2, -0.15) is 0 Å². The molecule has 1 aliphatic rings. The zero-order valence-electron chi connectivity index (χ0n) is 9.88. The highest BCUT2D eigenvalue weighted by Crippen LogP contribution is 2.30. The van der Waals surface area contributed by atoms with Crippen molar-refractivity contribution in [2.75, 3.05) is 13.6 Å². The Labute approximate surface area is 106 Å². The Bertz CT molecular complexity index is 380. The summed E-state index contributed by atoms with van der Waals surface area (Å²) in [5.41, 5.74) is 0.537. The lowest BCUT2D eigenvalue weighted by Crippen LogP contribution is -2.36. The number of ether oxygens (including phenoxy) is 1. The summed E-state index contributed by atoms with van der Waals surface area (Å²) in [4.78, 5) is 0. The molecule has 4 heteroatoms. The predicted molar refractivity (Wildman–Crippen MR) is 66.6 cm³/mol. The molecule has 2 rings (SSSR count). The van der Waals surface area contributed by atoms with Crippen LogP contribution in [0.15, 0.2) is 18.2 Å². The number of rotatable bonds is 5. The minimum atomic E-state index is -0.361. The standard InChI is InChI=1S/C13H17ClFNO/c1-16-7-9-5-11(6-9)17-8-10-3-2-4-12(14)13(10)15/h2-4,9,11,16H,5-8H2,1H3. The Balaban J connectivity index is 1.78. The maximum atomic E-state index is 13.5. The van der Waals surface area contributed by atoms with Gasteiger partial charge >= 0.3 is 0 Å². The zero-order valence-corrected chi connectivity index (χ0v) is 10.6. The molecule has 0 saturated heterocycles. The van der Waals surface area contributed by atoms with Gasteiger partial charge in [-0.05, 0) is 38.4 Å². The van der Waals surface area contributed by atoms with Crippen molar-refractivity contribution in [2.24, 2.45) is 5.92 Å². The largest absolute Gasteiger partial charge is 0.373 e. The summed E-state index contributed by atoms with van der Waals surface area (Å²) >= 11 is 5.70. The van der Waals surface area contributed by atoms with E-state index >= 15 is 0 Å². The molecule has 0 aromatic heterocycles. The van der Waals surface area contributed by atoms with E-state index < -0.39 is 0 Å². The third-order valence-corrected chi connectivity index (χ3v) is 3.48. The van der Waals surface area contributed by atoms with Crippen LogP contribution in [0.4, 0.5) is 4.39 Å². The molecule has 2 nitrogen and oxygen atoms in total. The first kappa shape index (κ1) is 12.8. The molecule has 0 unspecified atom stereocenters. The maximum Gasteiger partial charge on any atom is 0.147 e. The van der Waals surface area contributed by atoms with Crippen LogP contribution in [0.1, 0.15) is 18.4 Å². The number of nitrogens with one attached hydrogen (secondary N) is 1. The summed E-state index contributed by atoms with van der Waals surface area (Å²) in [5, 5.41) is 3.31. The molecule has 0 heterocycles. The molecule has 0 bridgehead atoms. The second-order valence-corrected chi connectivity index (χ2v) is 4.95. The van der Waals surface area contributed by atoms with Gasteiger partial charge in [0.1, 0.15) is 5.82 Å². The number of halogens is 2. The van der Waals surface area contributed by atoms with E-state index in [4.69, 9.17) is 16.3 Å². The monoisotopic (exact) mass is 257 g/mol. The third-order valence-electron chi connectivity index (χ3n) is 3.19. The average Bonchev–Trinajstić information content (AvgIpc) is 2.26. The summed E-state index contributed by atoms with van der Waals surface area (Å²) in [6, 6.07) is 5.01. The second-order valence-electron chi connectivity index (χ2n) is 4.54. The first-order valence-electron chi connectivity index (χ1n) is 5.89. The minimum Gasteiger partial charge on any atom is -0.373 e. The Morgan fingerprint density at radius 3 is 2.94 bits per heavy atom. The molecule has 1 saturated carbocycles. The van der Waals surface area contributed by atoms with E-state index in [1.807, 2.05) is 7.05 Å². The lowest BCUT2D eigenvalue weighted by Gasteiger charge is -2.35. The van der Waals surface area contributed by atoms with E-state index in [1.165, 1.54) is 0 Å². The topological polar surface area (TPSA) is 21.3 Å². The second kappa shape index (κ2) is 5.80. The molecular weight excluding hydrogens is 241 g/mol. The molecule has 0 radical (unpaired) electrons. The molecule has 1 aromatic rings. The van der Waals surface area contributed by atoms with E-state index in [0.29, 0.717) is 18.1 Å². The Morgan fingerprint density at radius 2 is 2.24 bits per heavy atom. The summed E-state index contributed by atoms with van der Waals surface area (Å²) in [7, 11) is 1.95. The molecule has 0 atom stereocenters. The SMILES string of the molecule is CNCC1CC(OCc2cccc(Cl)c2F)C1. The third kappa shape index (κ3) is 3.18. The fourth-order valence-electron chi connectivity index (χ4n) is 2.13. The average molecular weight is 258 g/mol. The van der Waals surface area contributed by atoms with Gasteiger partial charge in [0.25, 0.3) is 0 Å². The molecular formula is C13H17ClFNO. The Hall–Kier alpha value is -0.640. The molecule has 1 aliphatic carbocycles. The van der Waals surface area contributed by atoms with Crippen LogP contribution in [-0.2, 0) is 11.3 Å². The molecule has 1 N–H and O–H groups in total. The van der Waals surface area contributed by atoms with Gasteiger partial charge in [-0.15, -0.1) is 0 Å². The Kier molecular flexibility index (Phi) is 4.37. The van der Waals surface area contributed by atoms with Gasteiger partial charge in [-0.1, -0.05) is 23.7 Å². The van der Waals surface area contributed by atoms with Gasteiger partial charge in [-0.3, -0.25) is 0 Å². The number of hydrogen-bond acceptors (Lipinski definition) is 2. The lowest BCUT2D eigenvalue weighted by molar-refractivity contribution is -0.0399. The summed E-state index contributed by atoms with van der Waals surface area (Å²) in [6.07, 6.45) is 2.39. The normalized spacial score (nSPS) is 23.5. The van der Waals surface area contributed by atoms with E-state index in [2.05, 4.69) is 5.32 Å². The zero-order chi connectivity index (χ0) is 12.3. The van der Waals surface area contributed by atoms with Crippen molar-refractivity contribution in [3.05, 3.63) is 34.6 Å². The number of benzene rings is 1. The van der Waals surface area contributed by atoms with Crippen molar-refractivity contribution in [1.29, 1.82) is 0 Å². The fraction of sp³-hybridized carbons (Fsp3) is 0.538. The van der Waals surface area contributed by atoms with Crippen molar-refractivity contribution < 1.29 is 9.13 Å². The molecule has 17 heavy (non-hydrogen) atoms. The van der Waals surface area contributed by atoms with Gasteiger partial charge < -0.3 is 10.1 Å². The van der Waals surface area contributed by atoms with E-state index in [1.54, 1.807) is 18.2 Å². The van der Waals surface area contributed by atoms with Crippen molar-refractivity contribution in [3.63, 3.8) is 0 Å². The highest BCUT2D eigenvalue weighted by Gasteiger charge is 2.29. The van der Waals surface area contributed by atoms with Crippen LogP contribution < -0.4 is 5.32 Å². The summed E-state index contributed by atoms with van der Waals surface area (Å²) < 4.78 is 19.2. The highest BCUT2D eigenvalue weighted by atomic mass is 35.5. The molecule has 94 valence electrons. The smallest absolute Gasteiger partial charge is 0.147 e. The first-order valence-corrected chi connectivity index (χ1v) is 6.27. The summed E-state index contributed by atoms with van der Waals surface area (Å²) in [6.45, 7) is 1.34. The van der Waals surface area contributed by atoms with Crippen LogP contribution in [0, 0.1) is 11.7 Å². The highest BCUT2D eigenvalue weighted by molar-refractivity contribution is 6.30. The van der Waals surface area contributed by atoms with Crippen LogP contribution >= 0.6 is 11.6 Å². The molecule has 0 amide bonds. The lowest BCUT2D eigenvalue weighted by atomic mass is 9.82. The van der Waals surface area contributed by atoms with Crippen LogP contribution in [0.2, 0.25) is 5.02 Å². The molecule has 0 aliphatic heterocycles. The van der Waals surface area contributed by atoms with Crippen molar-refractivity contribution in [1.82, 2.24) is 5.32 Å². The molecule has 1 aromatic carbocycles. The molecule has 0 spiro atoms. The van der Waals surface area contributed by atoms with E-state index in [0.717, 1.165) is 19.4 Å². The van der Waals surface area contributed by atoms with Crippen molar-refractivity contribution in [3.8, 4) is 0 Å². The van der Waals surface area contributed by atoms with Gasteiger partial charge in [0, 0.05) is 5.56 Å². The maximum absolute atomic E-state index is 13.5. The van der Waals surface area contributed by atoms with Gasteiger partial charge in [0.2, 0.25) is 0 Å². The number of hydrogen-bond donors (Lipinski definition) is 1.